The molecule has 0 aliphatic rings. The zero-order valence-corrected chi connectivity index (χ0v) is 11.5. The zero-order valence-electron chi connectivity index (χ0n) is 9.88. The molecule has 2 aromatic rings. The average Bonchev–Trinajstić information content (AvgIpc) is 2.79. The molecule has 0 atom stereocenters. The molecule has 19 heavy (non-hydrogen) atoms. The summed E-state index contributed by atoms with van der Waals surface area (Å²) in [6.45, 7) is -0.190. The number of benzene rings is 1. The normalized spacial score (nSPS) is 10.0. The van der Waals surface area contributed by atoms with Crippen molar-refractivity contribution in [3.05, 3.63) is 33.8 Å². The van der Waals surface area contributed by atoms with E-state index in [0.29, 0.717) is 27.1 Å². The van der Waals surface area contributed by atoms with Crippen LogP contribution in [0.1, 0.15) is 10.4 Å². The van der Waals surface area contributed by atoms with E-state index in [9.17, 15) is 0 Å². The van der Waals surface area contributed by atoms with Crippen molar-refractivity contribution in [2.75, 3.05) is 7.11 Å². The van der Waals surface area contributed by atoms with Gasteiger partial charge in [0.05, 0.1) is 30.2 Å². The number of aliphatic hydroxyl groups excluding tert-OH is 1. The zero-order chi connectivity index (χ0) is 13.8. The number of nitriles is 1. The fraction of sp³-hybridized carbons (Fsp3) is 0.167. The van der Waals surface area contributed by atoms with E-state index >= 15 is 0 Å². The van der Waals surface area contributed by atoms with Gasteiger partial charge in [0.15, 0.2) is 11.5 Å². The van der Waals surface area contributed by atoms with Crippen LogP contribution >= 0.6 is 22.9 Å². The van der Waals surface area contributed by atoms with Crippen molar-refractivity contribution < 1.29 is 14.6 Å². The molecule has 0 saturated carbocycles. The van der Waals surface area contributed by atoms with Crippen molar-refractivity contribution in [2.24, 2.45) is 0 Å². The van der Waals surface area contributed by atoms with Gasteiger partial charge in [0.1, 0.15) is 5.15 Å². The third-order valence-corrected chi connectivity index (χ3v) is 3.61. The number of nitrogens with zero attached hydrogens (tertiary/aromatic N) is 2. The molecule has 1 aromatic carbocycles. The molecule has 0 amide bonds. The van der Waals surface area contributed by atoms with Crippen LogP contribution in [-0.2, 0) is 6.61 Å². The highest BCUT2D eigenvalue weighted by Crippen LogP contribution is 2.36. The summed E-state index contributed by atoms with van der Waals surface area (Å²) in [6.07, 6.45) is 0. The van der Waals surface area contributed by atoms with E-state index in [1.54, 1.807) is 18.2 Å². The summed E-state index contributed by atoms with van der Waals surface area (Å²) in [5.41, 5.74) is 0.470. The molecule has 98 valence electrons. The molecule has 2 rings (SSSR count). The molecule has 0 spiro atoms. The Balaban J connectivity index is 2.30. The number of hydrogen-bond acceptors (Lipinski definition) is 6. The van der Waals surface area contributed by atoms with Crippen LogP contribution in [0.2, 0.25) is 5.15 Å². The maximum absolute atomic E-state index is 9.04. The van der Waals surface area contributed by atoms with Crippen molar-refractivity contribution >= 4 is 22.9 Å². The third-order valence-electron chi connectivity index (χ3n) is 2.26. The van der Waals surface area contributed by atoms with Gasteiger partial charge in [-0.3, -0.25) is 0 Å². The Bertz CT molecular complexity index is 636. The summed E-state index contributed by atoms with van der Waals surface area (Å²) < 4.78 is 10.7. The average molecular weight is 297 g/mol. The molecular weight excluding hydrogens is 288 g/mol. The molecule has 1 heterocycles. The molecule has 0 aliphatic heterocycles. The molecule has 0 radical (unpaired) electrons. The third kappa shape index (κ3) is 2.96. The highest BCUT2D eigenvalue weighted by atomic mass is 35.5. The van der Waals surface area contributed by atoms with Crippen LogP contribution < -0.4 is 9.47 Å². The lowest BCUT2D eigenvalue weighted by atomic mass is 10.2. The minimum atomic E-state index is -0.190. The first kappa shape index (κ1) is 13.6. The molecule has 0 saturated heterocycles. The van der Waals surface area contributed by atoms with Gasteiger partial charge in [0.2, 0.25) is 0 Å². The Morgan fingerprint density at radius 1 is 1.47 bits per heavy atom. The van der Waals surface area contributed by atoms with Gasteiger partial charge in [0, 0.05) is 6.07 Å². The second-order valence-electron chi connectivity index (χ2n) is 3.43. The number of aromatic nitrogens is 1. The molecule has 0 fully saturated rings. The van der Waals surface area contributed by atoms with Crippen molar-refractivity contribution in [3.63, 3.8) is 0 Å². The van der Waals surface area contributed by atoms with Gasteiger partial charge in [-0.25, -0.2) is 0 Å². The number of methoxy groups -OCH3 is 1. The summed E-state index contributed by atoms with van der Waals surface area (Å²) in [4.78, 5) is 4.51. The number of hydrogen-bond donors (Lipinski definition) is 1. The number of rotatable bonds is 4. The number of ether oxygens (including phenoxy) is 2. The van der Waals surface area contributed by atoms with Gasteiger partial charge in [-0.15, -0.1) is 0 Å². The number of aliphatic hydroxyl groups is 1. The second-order valence-corrected chi connectivity index (χ2v) is 4.84. The van der Waals surface area contributed by atoms with Crippen molar-refractivity contribution in [1.29, 1.82) is 5.26 Å². The maximum Gasteiger partial charge on any atom is 0.280 e. The Hall–Kier alpha value is -1.81. The molecule has 7 heteroatoms. The molecule has 1 N–H and O–H groups in total. The minimum Gasteiger partial charge on any atom is -0.493 e. The molecule has 5 nitrogen and oxygen atoms in total. The van der Waals surface area contributed by atoms with Crippen LogP contribution in [0, 0.1) is 11.3 Å². The summed E-state index contributed by atoms with van der Waals surface area (Å²) in [5.74, 6) is 0.854. The quantitative estimate of drug-likeness (QED) is 0.938. The number of thiazole rings is 1. The van der Waals surface area contributed by atoms with Crippen LogP contribution in [0.5, 0.6) is 16.7 Å². The van der Waals surface area contributed by atoms with E-state index in [2.05, 4.69) is 4.98 Å². The van der Waals surface area contributed by atoms with E-state index < -0.39 is 0 Å². The van der Waals surface area contributed by atoms with Crippen LogP contribution in [0.3, 0.4) is 0 Å². The van der Waals surface area contributed by atoms with Gasteiger partial charge in [-0.1, -0.05) is 22.9 Å². The van der Waals surface area contributed by atoms with Gasteiger partial charge < -0.3 is 14.6 Å². The second kappa shape index (κ2) is 5.89. The predicted molar refractivity (Wildman–Crippen MR) is 70.8 cm³/mol. The summed E-state index contributed by atoms with van der Waals surface area (Å²) in [7, 11) is 1.48. The standard InChI is InChI=1S/C12H9ClN2O3S/c1-17-9-4-7(5-14)2-3-8(9)18-12-15-11(13)10(6-16)19-12/h2-4,16H,6H2,1H3. The summed E-state index contributed by atoms with van der Waals surface area (Å²) in [5, 5.41) is 18.4. The molecule has 0 bridgehead atoms. The van der Waals surface area contributed by atoms with Crippen LogP contribution in [-0.4, -0.2) is 17.2 Å². The fourth-order valence-electron chi connectivity index (χ4n) is 1.37. The van der Waals surface area contributed by atoms with Gasteiger partial charge >= 0.3 is 0 Å². The molecule has 1 aromatic heterocycles. The number of halogens is 1. The maximum atomic E-state index is 9.04. The van der Waals surface area contributed by atoms with Gasteiger partial charge in [-0.2, -0.15) is 10.2 Å². The van der Waals surface area contributed by atoms with Crippen LogP contribution in [0.15, 0.2) is 18.2 Å². The Morgan fingerprint density at radius 3 is 2.84 bits per heavy atom. The SMILES string of the molecule is COc1cc(C#N)ccc1Oc1nc(Cl)c(CO)s1. The topological polar surface area (TPSA) is 75.4 Å². The first-order valence-corrected chi connectivity index (χ1v) is 6.39. The first-order chi connectivity index (χ1) is 9.17. The van der Waals surface area contributed by atoms with Crippen LogP contribution in [0.4, 0.5) is 0 Å². The molecular formula is C12H9ClN2O3S. The lowest BCUT2D eigenvalue weighted by Crippen LogP contribution is -1.90. The smallest absolute Gasteiger partial charge is 0.280 e. The van der Waals surface area contributed by atoms with Gasteiger partial charge in [0.25, 0.3) is 5.19 Å². The van der Waals surface area contributed by atoms with E-state index in [0.717, 1.165) is 11.3 Å². The predicted octanol–water partition coefficient (Wildman–Crippen LogP) is 2.96. The van der Waals surface area contributed by atoms with Crippen molar-refractivity contribution in [2.45, 2.75) is 6.61 Å². The van der Waals surface area contributed by atoms with Crippen molar-refractivity contribution in [1.82, 2.24) is 4.98 Å². The lowest BCUT2D eigenvalue weighted by molar-refractivity contribution is 0.285. The molecule has 0 unspecified atom stereocenters. The van der Waals surface area contributed by atoms with Crippen molar-refractivity contribution in [3.8, 4) is 22.8 Å². The Labute approximate surface area is 118 Å². The molecule has 0 aliphatic carbocycles. The summed E-state index contributed by atoms with van der Waals surface area (Å²) >= 11 is 6.97. The van der Waals surface area contributed by atoms with E-state index in [1.165, 1.54) is 7.11 Å². The largest absolute Gasteiger partial charge is 0.493 e. The highest BCUT2D eigenvalue weighted by Gasteiger charge is 2.13. The lowest BCUT2D eigenvalue weighted by Gasteiger charge is -2.07. The highest BCUT2D eigenvalue weighted by molar-refractivity contribution is 7.13. The van der Waals surface area contributed by atoms with E-state index in [1.807, 2.05) is 6.07 Å². The Kier molecular flexibility index (Phi) is 4.22. The van der Waals surface area contributed by atoms with E-state index in [-0.39, 0.29) is 11.8 Å². The van der Waals surface area contributed by atoms with E-state index in [4.69, 9.17) is 31.4 Å². The van der Waals surface area contributed by atoms with Gasteiger partial charge in [-0.05, 0) is 12.1 Å². The summed E-state index contributed by atoms with van der Waals surface area (Å²) in [6, 6.07) is 6.81. The minimum absolute atomic E-state index is 0.190. The van der Waals surface area contributed by atoms with Crippen LogP contribution in [0.25, 0.3) is 0 Å². The fourth-order valence-corrected chi connectivity index (χ4v) is 2.35. The monoisotopic (exact) mass is 296 g/mol. The Morgan fingerprint density at radius 2 is 2.26 bits per heavy atom. The first-order valence-electron chi connectivity index (χ1n) is 5.20.